The van der Waals surface area contributed by atoms with Crippen molar-refractivity contribution in [2.75, 3.05) is 13.7 Å². The number of methoxy groups -OCH3 is 1. The maximum atomic E-state index is 13.4. The fourth-order valence-corrected chi connectivity index (χ4v) is 5.81. The lowest BCUT2D eigenvalue weighted by molar-refractivity contribution is -0.146. The van der Waals surface area contributed by atoms with Crippen molar-refractivity contribution in [1.29, 1.82) is 0 Å². The van der Waals surface area contributed by atoms with E-state index < -0.39 is 0 Å². The third-order valence-corrected chi connectivity index (χ3v) is 6.47. The molecule has 4 aliphatic carbocycles. The van der Waals surface area contributed by atoms with Gasteiger partial charge in [0.15, 0.2) is 0 Å². The van der Waals surface area contributed by atoms with E-state index in [1.165, 1.54) is 31.4 Å². The largest absolute Gasteiger partial charge is 0.375 e. The molecule has 3 nitrogen and oxygen atoms in total. The zero-order valence-electron chi connectivity index (χ0n) is 14.3. The van der Waals surface area contributed by atoms with Gasteiger partial charge in [-0.1, -0.05) is 12.1 Å². The Morgan fingerprint density at radius 1 is 1.25 bits per heavy atom. The summed E-state index contributed by atoms with van der Waals surface area (Å²) >= 11 is 0. The van der Waals surface area contributed by atoms with Crippen LogP contribution in [-0.4, -0.2) is 19.6 Å². The molecule has 5 rings (SSSR count). The predicted octanol–water partition coefficient (Wildman–Crippen LogP) is 3.85. The lowest BCUT2D eigenvalue weighted by Gasteiger charge is -2.55. The van der Waals surface area contributed by atoms with Crippen LogP contribution >= 0.6 is 0 Å². The number of benzene rings is 1. The summed E-state index contributed by atoms with van der Waals surface area (Å²) in [5, 5.41) is 3.12. The Hall–Kier alpha value is -1.42. The van der Waals surface area contributed by atoms with E-state index in [4.69, 9.17) is 4.74 Å². The van der Waals surface area contributed by atoms with Crippen LogP contribution in [0.3, 0.4) is 0 Å². The first kappa shape index (κ1) is 16.1. The summed E-state index contributed by atoms with van der Waals surface area (Å²) in [5.41, 5.74) is 0.623. The van der Waals surface area contributed by atoms with Gasteiger partial charge < -0.3 is 10.1 Å². The zero-order chi connectivity index (χ0) is 16.7. The van der Waals surface area contributed by atoms with Crippen molar-refractivity contribution in [2.45, 2.75) is 44.6 Å². The van der Waals surface area contributed by atoms with Crippen LogP contribution in [0.5, 0.6) is 0 Å². The van der Waals surface area contributed by atoms with Crippen LogP contribution in [0.4, 0.5) is 4.39 Å². The first-order valence-electron chi connectivity index (χ1n) is 9.14. The zero-order valence-corrected chi connectivity index (χ0v) is 14.3. The minimum atomic E-state index is -0.307. The van der Waals surface area contributed by atoms with Crippen molar-refractivity contribution < 1.29 is 13.9 Å². The third kappa shape index (κ3) is 2.85. The molecule has 0 aliphatic heterocycles. The van der Waals surface area contributed by atoms with Crippen molar-refractivity contribution in [1.82, 2.24) is 5.32 Å². The summed E-state index contributed by atoms with van der Waals surface area (Å²) in [7, 11) is 1.60. The number of hydrogen-bond donors (Lipinski definition) is 1. The molecule has 0 spiro atoms. The maximum absolute atomic E-state index is 13.4. The highest BCUT2D eigenvalue weighted by molar-refractivity contribution is 5.83. The van der Waals surface area contributed by atoms with Crippen LogP contribution in [0.15, 0.2) is 24.3 Å². The molecule has 4 aliphatic rings. The molecule has 1 N–H and O–H groups in total. The van der Waals surface area contributed by atoms with Crippen molar-refractivity contribution in [3.05, 3.63) is 35.6 Å². The van der Waals surface area contributed by atoms with E-state index in [9.17, 15) is 9.18 Å². The van der Waals surface area contributed by atoms with Gasteiger partial charge in [0.1, 0.15) is 5.82 Å². The molecule has 1 aromatic carbocycles. The monoisotopic (exact) mass is 331 g/mol. The second-order valence-corrected chi connectivity index (χ2v) is 8.19. The number of halogens is 1. The van der Waals surface area contributed by atoms with Crippen molar-refractivity contribution in [3.8, 4) is 0 Å². The van der Waals surface area contributed by atoms with Gasteiger partial charge in [0.25, 0.3) is 0 Å². The number of amides is 1. The summed E-state index contributed by atoms with van der Waals surface area (Å²) in [6.45, 7) is 0.403. The Morgan fingerprint density at radius 2 is 1.88 bits per heavy atom. The average Bonchev–Trinajstić information content (AvgIpc) is 2.54. The van der Waals surface area contributed by atoms with E-state index in [1.54, 1.807) is 13.2 Å². The quantitative estimate of drug-likeness (QED) is 0.890. The summed E-state index contributed by atoms with van der Waals surface area (Å²) in [6.07, 6.45) is 6.86. The highest BCUT2D eigenvalue weighted by Gasteiger charge is 2.54. The first-order valence-corrected chi connectivity index (χ1v) is 9.14. The summed E-state index contributed by atoms with van der Waals surface area (Å²) in [4.78, 5) is 13.0. The van der Waals surface area contributed by atoms with Crippen LogP contribution in [0.1, 0.15) is 50.2 Å². The number of nitrogens with one attached hydrogen (secondary N) is 1. The van der Waals surface area contributed by atoms with Crippen LogP contribution in [-0.2, 0) is 9.53 Å². The van der Waals surface area contributed by atoms with E-state index >= 15 is 0 Å². The molecule has 1 atom stereocenters. The minimum Gasteiger partial charge on any atom is -0.375 e. The highest BCUT2D eigenvalue weighted by Crippen LogP contribution is 2.60. The number of carbonyl (C=O) groups is 1. The van der Waals surface area contributed by atoms with E-state index in [0.717, 1.165) is 42.6 Å². The maximum Gasteiger partial charge on any atom is 0.226 e. The average molecular weight is 331 g/mol. The van der Waals surface area contributed by atoms with Crippen LogP contribution in [0.2, 0.25) is 0 Å². The molecular weight excluding hydrogens is 305 g/mol. The summed E-state index contributed by atoms with van der Waals surface area (Å²) < 4.78 is 18.9. The Labute approximate surface area is 143 Å². The van der Waals surface area contributed by atoms with Gasteiger partial charge in [-0.25, -0.2) is 4.39 Å². The normalized spacial score (nSPS) is 35.0. The Morgan fingerprint density at radius 3 is 2.42 bits per heavy atom. The Balaban J connectivity index is 1.42. The molecule has 0 saturated heterocycles. The standard InChI is InChI=1S/C20H26FNO2/c1-24-18(16-3-2-4-17(21)8-16)12-22-19(23)20-9-13-5-14(10-20)7-15(6-13)11-20/h2-4,8,13-15,18H,5-7,9-12H2,1H3,(H,22,23). The molecule has 0 heterocycles. The molecule has 4 saturated carbocycles. The SMILES string of the molecule is COC(CNC(=O)C12CC3CC(CC(C3)C1)C2)c1cccc(F)c1. The topological polar surface area (TPSA) is 38.3 Å². The number of rotatable bonds is 5. The van der Waals surface area contributed by atoms with Gasteiger partial charge in [0.05, 0.1) is 6.10 Å². The van der Waals surface area contributed by atoms with Crippen LogP contribution in [0.25, 0.3) is 0 Å². The Kier molecular flexibility index (Phi) is 4.11. The van der Waals surface area contributed by atoms with Gasteiger partial charge in [-0.15, -0.1) is 0 Å². The number of carbonyl (C=O) groups excluding carboxylic acids is 1. The predicted molar refractivity (Wildman–Crippen MR) is 89.8 cm³/mol. The molecule has 4 fully saturated rings. The highest BCUT2D eigenvalue weighted by atomic mass is 19.1. The molecule has 4 heteroatoms. The van der Waals surface area contributed by atoms with Gasteiger partial charge >= 0.3 is 0 Å². The second kappa shape index (κ2) is 6.14. The van der Waals surface area contributed by atoms with Crippen molar-refractivity contribution >= 4 is 5.91 Å². The van der Waals surface area contributed by atoms with Crippen LogP contribution < -0.4 is 5.32 Å². The molecule has 4 bridgehead atoms. The number of hydrogen-bond acceptors (Lipinski definition) is 2. The molecule has 1 aromatic rings. The lowest BCUT2D eigenvalue weighted by atomic mass is 9.49. The van der Waals surface area contributed by atoms with Crippen molar-refractivity contribution in [2.24, 2.45) is 23.2 Å². The molecule has 0 radical (unpaired) electrons. The van der Waals surface area contributed by atoms with Gasteiger partial charge in [-0.2, -0.15) is 0 Å². The molecule has 24 heavy (non-hydrogen) atoms. The molecule has 1 unspecified atom stereocenters. The summed E-state index contributed by atoms with van der Waals surface area (Å²) in [6, 6.07) is 6.42. The van der Waals surface area contributed by atoms with E-state index in [2.05, 4.69) is 5.32 Å². The molecule has 0 aromatic heterocycles. The van der Waals surface area contributed by atoms with Crippen molar-refractivity contribution in [3.63, 3.8) is 0 Å². The van der Waals surface area contributed by atoms with Gasteiger partial charge in [0, 0.05) is 19.1 Å². The molecule has 1 amide bonds. The van der Waals surface area contributed by atoms with E-state index in [-0.39, 0.29) is 23.2 Å². The Bertz CT molecular complexity index is 595. The van der Waals surface area contributed by atoms with Gasteiger partial charge in [-0.05, 0) is 74.0 Å². The van der Waals surface area contributed by atoms with E-state index in [1.807, 2.05) is 6.07 Å². The van der Waals surface area contributed by atoms with E-state index in [0.29, 0.717) is 6.54 Å². The lowest BCUT2D eigenvalue weighted by Crippen LogP contribution is -2.54. The molecular formula is C20H26FNO2. The van der Waals surface area contributed by atoms with Gasteiger partial charge in [-0.3, -0.25) is 4.79 Å². The van der Waals surface area contributed by atoms with Crippen LogP contribution in [0, 0.1) is 29.0 Å². The van der Waals surface area contributed by atoms with Gasteiger partial charge in [0.2, 0.25) is 5.91 Å². The first-order chi connectivity index (χ1) is 11.6. The fourth-order valence-electron chi connectivity index (χ4n) is 5.81. The molecule has 130 valence electrons. The smallest absolute Gasteiger partial charge is 0.226 e. The third-order valence-electron chi connectivity index (χ3n) is 6.47. The minimum absolute atomic E-state index is 0.144. The number of ether oxygens (including phenoxy) is 1. The second-order valence-electron chi connectivity index (χ2n) is 8.19. The fraction of sp³-hybridized carbons (Fsp3) is 0.650. The summed E-state index contributed by atoms with van der Waals surface area (Å²) in [5.74, 6) is 2.18.